The third-order valence-electron chi connectivity index (χ3n) is 4.86. The molecule has 0 radical (unpaired) electrons. The molecular formula is C18H25N3O2. The van der Waals surface area contributed by atoms with Crippen LogP contribution in [0, 0.1) is 5.92 Å². The highest BCUT2D eigenvalue weighted by Crippen LogP contribution is 2.16. The summed E-state index contributed by atoms with van der Waals surface area (Å²) in [4.78, 5) is 27.4. The minimum Gasteiger partial charge on any atom is -0.346 e. The quantitative estimate of drug-likeness (QED) is 0.822. The summed E-state index contributed by atoms with van der Waals surface area (Å²) >= 11 is 0. The zero-order chi connectivity index (χ0) is 16.2. The van der Waals surface area contributed by atoms with Crippen LogP contribution >= 0.6 is 0 Å². The highest BCUT2D eigenvalue weighted by molar-refractivity contribution is 6.35. The van der Waals surface area contributed by atoms with Crippen molar-refractivity contribution in [2.45, 2.75) is 25.8 Å². The summed E-state index contributed by atoms with van der Waals surface area (Å²) in [5.74, 6) is -0.195. The molecule has 0 unspecified atom stereocenters. The maximum absolute atomic E-state index is 11.8. The summed E-state index contributed by atoms with van der Waals surface area (Å²) in [5, 5.41) is 2.69. The molecule has 124 valence electrons. The molecule has 2 heterocycles. The van der Waals surface area contributed by atoms with Crippen LogP contribution in [0.3, 0.4) is 0 Å². The Morgan fingerprint density at radius 1 is 1.22 bits per heavy atom. The number of amides is 2. The molecule has 2 fully saturated rings. The Morgan fingerprint density at radius 3 is 2.78 bits per heavy atom. The van der Waals surface area contributed by atoms with E-state index in [1.165, 1.54) is 12.0 Å². The molecule has 0 spiro atoms. The molecule has 1 aromatic carbocycles. The van der Waals surface area contributed by atoms with Gasteiger partial charge in [0.15, 0.2) is 0 Å². The van der Waals surface area contributed by atoms with Crippen LogP contribution in [0.2, 0.25) is 0 Å². The molecule has 3 rings (SSSR count). The van der Waals surface area contributed by atoms with Crippen molar-refractivity contribution in [3.8, 4) is 0 Å². The van der Waals surface area contributed by atoms with E-state index in [9.17, 15) is 9.59 Å². The fraction of sp³-hybridized carbons (Fsp3) is 0.556. The Balaban J connectivity index is 1.46. The first kappa shape index (κ1) is 16.0. The lowest BCUT2D eigenvalue weighted by Crippen LogP contribution is -2.65. The zero-order valence-electron chi connectivity index (χ0n) is 13.7. The number of carbonyl (C=O) groups excluding carboxylic acids is 2. The average Bonchev–Trinajstić information content (AvgIpc) is 2.57. The number of aryl methyl sites for hydroxylation is 1. The Kier molecular flexibility index (Phi) is 4.96. The summed E-state index contributed by atoms with van der Waals surface area (Å²) in [5.41, 5.74) is 1.39. The van der Waals surface area contributed by atoms with Gasteiger partial charge in [-0.3, -0.25) is 14.5 Å². The van der Waals surface area contributed by atoms with Crippen molar-refractivity contribution < 1.29 is 9.59 Å². The minimum absolute atomic E-state index is 0.135. The number of nitrogens with one attached hydrogen (secondary N) is 1. The second kappa shape index (κ2) is 7.13. The molecule has 23 heavy (non-hydrogen) atoms. The van der Waals surface area contributed by atoms with E-state index in [2.05, 4.69) is 47.5 Å². The van der Waals surface area contributed by atoms with Crippen molar-refractivity contribution in [2.75, 3.05) is 32.7 Å². The van der Waals surface area contributed by atoms with Crippen molar-refractivity contribution in [2.24, 2.45) is 5.92 Å². The summed E-state index contributed by atoms with van der Waals surface area (Å²) in [6.07, 6.45) is 2.28. The molecule has 2 aliphatic rings. The van der Waals surface area contributed by atoms with Crippen LogP contribution in [-0.2, 0) is 16.0 Å². The topological polar surface area (TPSA) is 52.7 Å². The maximum Gasteiger partial charge on any atom is 0.312 e. The van der Waals surface area contributed by atoms with Crippen molar-refractivity contribution in [1.82, 2.24) is 15.1 Å². The molecule has 1 N–H and O–H groups in total. The van der Waals surface area contributed by atoms with Gasteiger partial charge in [-0.1, -0.05) is 37.3 Å². The normalized spacial score (nSPS) is 23.3. The van der Waals surface area contributed by atoms with Crippen LogP contribution in [-0.4, -0.2) is 60.4 Å². The Hall–Kier alpha value is -1.88. The number of carbonyl (C=O) groups is 2. The molecule has 0 saturated carbocycles. The maximum atomic E-state index is 11.8. The third kappa shape index (κ3) is 3.91. The summed E-state index contributed by atoms with van der Waals surface area (Å²) < 4.78 is 0. The molecule has 2 aliphatic heterocycles. The van der Waals surface area contributed by atoms with Gasteiger partial charge in [-0.05, 0) is 24.3 Å². The van der Waals surface area contributed by atoms with E-state index in [1.54, 1.807) is 4.90 Å². The second-order valence-electron chi connectivity index (χ2n) is 6.75. The van der Waals surface area contributed by atoms with Gasteiger partial charge in [0.25, 0.3) is 0 Å². The van der Waals surface area contributed by atoms with E-state index >= 15 is 0 Å². The SMILES string of the molecule is C[C@@H](CCc1ccccc1)CN1CCN2C(=O)C(=O)NC[C@@H]2C1. The summed E-state index contributed by atoms with van der Waals surface area (Å²) in [6.45, 7) is 6.33. The number of nitrogens with zero attached hydrogens (tertiary/aromatic N) is 2. The fourth-order valence-electron chi connectivity index (χ4n) is 3.53. The van der Waals surface area contributed by atoms with Crippen molar-refractivity contribution in [3.63, 3.8) is 0 Å². The number of fused-ring (bicyclic) bond motifs is 1. The van der Waals surface area contributed by atoms with Crippen LogP contribution in [0.4, 0.5) is 0 Å². The lowest BCUT2D eigenvalue weighted by molar-refractivity contribution is -0.152. The largest absolute Gasteiger partial charge is 0.346 e. The van der Waals surface area contributed by atoms with E-state index in [1.807, 2.05) is 0 Å². The molecule has 2 saturated heterocycles. The Morgan fingerprint density at radius 2 is 2.00 bits per heavy atom. The van der Waals surface area contributed by atoms with Gasteiger partial charge in [-0.25, -0.2) is 0 Å². The first-order chi connectivity index (χ1) is 11.1. The number of hydrogen-bond acceptors (Lipinski definition) is 3. The molecule has 2 amide bonds. The summed E-state index contributed by atoms with van der Waals surface area (Å²) in [6, 6.07) is 10.7. The average molecular weight is 315 g/mol. The zero-order valence-corrected chi connectivity index (χ0v) is 13.7. The van der Waals surface area contributed by atoms with E-state index in [-0.39, 0.29) is 11.9 Å². The fourth-order valence-corrected chi connectivity index (χ4v) is 3.53. The van der Waals surface area contributed by atoms with E-state index < -0.39 is 5.91 Å². The van der Waals surface area contributed by atoms with Crippen LogP contribution < -0.4 is 5.32 Å². The van der Waals surface area contributed by atoms with Crippen LogP contribution in [0.1, 0.15) is 18.9 Å². The number of rotatable bonds is 5. The molecule has 0 aromatic heterocycles. The van der Waals surface area contributed by atoms with Crippen LogP contribution in [0.15, 0.2) is 30.3 Å². The highest BCUT2D eigenvalue weighted by atomic mass is 16.2. The first-order valence-electron chi connectivity index (χ1n) is 8.48. The van der Waals surface area contributed by atoms with Crippen molar-refractivity contribution >= 4 is 11.8 Å². The smallest absolute Gasteiger partial charge is 0.312 e. The predicted molar refractivity (Wildman–Crippen MR) is 88.9 cm³/mol. The summed E-state index contributed by atoms with van der Waals surface area (Å²) in [7, 11) is 0. The number of benzene rings is 1. The van der Waals surface area contributed by atoms with Crippen molar-refractivity contribution in [1.29, 1.82) is 0 Å². The second-order valence-corrected chi connectivity index (χ2v) is 6.75. The Labute approximate surface area is 137 Å². The van der Waals surface area contributed by atoms with Gasteiger partial charge in [0.1, 0.15) is 0 Å². The van der Waals surface area contributed by atoms with Crippen molar-refractivity contribution in [3.05, 3.63) is 35.9 Å². The molecule has 0 aliphatic carbocycles. The third-order valence-corrected chi connectivity index (χ3v) is 4.86. The lowest BCUT2D eigenvalue weighted by Gasteiger charge is -2.44. The monoisotopic (exact) mass is 315 g/mol. The van der Waals surface area contributed by atoms with Gasteiger partial charge in [0.2, 0.25) is 0 Å². The van der Waals surface area contributed by atoms with E-state index in [0.717, 1.165) is 26.1 Å². The molecule has 2 atom stereocenters. The van der Waals surface area contributed by atoms with Gasteiger partial charge in [0, 0.05) is 32.7 Å². The van der Waals surface area contributed by atoms with E-state index in [0.29, 0.717) is 19.0 Å². The molecular weight excluding hydrogens is 290 g/mol. The number of piperazine rings is 2. The minimum atomic E-state index is -0.453. The van der Waals surface area contributed by atoms with Gasteiger partial charge in [0.05, 0.1) is 6.04 Å². The molecule has 5 nitrogen and oxygen atoms in total. The van der Waals surface area contributed by atoms with Gasteiger partial charge < -0.3 is 10.2 Å². The standard InChI is InChI=1S/C18H25N3O2/c1-14(7-8-15-5-3-2-4-6-15)12-20-9-10-21-16(13-20)11-19-17(22)18(21)23/h2-6,14,16H,7-13H2,1H3,(H,19,22)/t14-,16+/m0/s1. The van der Waals surface area contributed by atoms with Crippen LogP contribution in [0.5, 0.6) is 0 Å². The molecule has 1 aromatic rings. The molecule has 0 bridgehead atoms. The number of hydrogen-bond donors (Lipinski definition) is 1. The van der Waals surface area contributed by atoms with Crippen LogP contribution in [0.25, 0.3) is 0 Å². The van der Waals surface area contributed by atoms with E-state index in [4.69, 9.17) is 0 Å². The lowest BCUT2D eigenvalue weighted by atomic mass is 9.99. The van der Waals surface area contributed by atoms with Gasteiger partial charge in [-0.15, -0.1) is 0 Å². The van der Waals surface area contributed by atoms with Gasteiger partial charge >= 0.3 is 11.8 Å². The Bertz CT molecular complexity index is 561. The predicted octanol–water partition coefficient (Wildman–Crippen LogP) is 0.898. The highest BCUT2D eigenvalue weighted by Gasteiger charge is 2.37. The first-order valence-corrected chi connectivity index (χ1v) is 8.48. The van der Waals surface area contributed by atoms with Gasteiger partial charge in [-0.2, -0.15) is 0 Å². The molecule has 5 heteroatoms.